The summed E-state index contributed by atoms with van der Waals surface area (Å²) in [5.41, 5.74) is 1.98. The molecule has 144 valence electrons. The number of carbonyl (C=O) groups excluding carboxylic acids is 1. The van der Waals surface area contributed by atoms with Crippen LogP contribution in [0.3, 0.4) is 0 Å². The van der Waals surface area contributed by atoms with Crippen molar-refractivity contribution in [1.82, 2.24) is 4.90 Å². The quantitative estimate of drug-likeness (QED) is 0.811. The maximum absolute atomic E-state index is 13.0. The molecule has 1 heterocycles. The van der Waals surface area contributed by atoms with E-state index in [1.807, 2.05) is 36.1 Å². The van der Waals surface area contributed by atoms with Gasteiger partial charge >= 0.3 is 0 Å². The van der Waals surface area contributed by atoms with E-state index in [-0.39, 0.29) is 11.7 Å². The Morgan fingerprint density at radius 2 is 1.70 bits per heavy atom. The number of nitrogens with one attached hydrogen (secondary N) is 1. The van der Waals surface area contributed by atoms with Gasteiger partial charge in [-0.2, -0.15) is 0 Å². The fourth-order valence-corrected chi connectivity index (χ4v) is 3.17. The zero-order valence-electron chi connectivity index (χ0n) is 15.7. The molecule has 0 saturated carbocycles. The van der Waals surface area contributed by atoms with Crippen LogP contribution in [-0.4, -0.2) is 50.1 Å². The number of hydrogen-bond donors (Lipinski definition) is 1. The maximum atomic E-state index is 13.0. The average molecular weight is 371 g/mol. The van der Waals surface area contributed by atoms with Crippen molar-refractivity contribution in [3.8, 4) is 5.75 Å². The fourth-order valence-electron chi connectivity index (χ4n) is 3.17. The van der Waals surface area contributed by atoms with Crippen LogP contribution in [0, 0.1) is 5.82 Å². The Balaban J connectivity index is 1.39. The van der Waals surface area contributed by atoms with E-state index >= 15 is 0 Å². The second kappa shape index (κ2) is 9.26. The molecular formula is C21H26FN3O2. The Labute approximate surface area is 159 Å². The smallest absolute Gasteiger partial charge is 0.224 e. The maximum Gasteiger partial charge on any atom is 0.224 e. The summed E-state index contributed by atoms with van der Waals surface area (Å²) in [6, 6.07) is 14.3. The monoisotopic (exact) mass is 371 g/mol. The molecule has 1 aliphatic rings. The second-order valence-electron chi connectivity index (χ2n) is 6.48. The number of carbonyl (C=O) groups is 1. The van der Waals surface area contributed by atoms with Crippen molar-refractivity contribution in [3.63, 3.8) is 0 Å². The van der Waals surface area contributed by atoms with Gasteiger partial charge in [-0.1, -0.05) is 0 Å². The van der Waals surface area contributed by atoms with Crippen molar-refractivity contribution < 1.29 is 13.9 Å². The minimum absolute atomic E-state index is 0.159. The Kier molecular flexibility index (Phi) is 6.52. The lowest BCUT2D eigenvalue weighted by Gasteiger charge is -2.36. The first-order valence-electron chi connectivity index (χ1n) is 9.40. The summed E-state index contributed by atoms with van der Waals surface area (Å²) < 4.78 is 18.5. The Hall–Kier alpha value is -2.76. The number of nitrogens with zero attached hydrogens (tertiary/aromatic N) is 2. The van der Waals surface area contributed by atoms with Gasteiger partial charge in [0.1, 0.15) is 11.6 Å². The molecule has 3 rings (SSSR count). The number of benzene rings is 2. The van der Waals surface area contributed by atoms with Crippen molar-refractivity contribution >= 4 is 17.3 Å². The van der Waals surface area contributed by atoms with Crippen molar-refractivity contribution in [3.05, 3.63) is 54.3 Å². The second-order valence-corrected chi connectivity index (χ2v) is 6.48. The lowest BCUT2D eigenvalue weighted by atomic mass is 10.2. The summed E-state index contributed by atoms with van der Waals surface area (Å²) in [6.45, 7) is 6.13. The molecule has 27 heavy (non-hydrogen) atoms. The number of hydrogen-bond acceptors (Lipinski definition) is 4. The van der Waals surface area contributed by atoms with Crippen LogP contribution in [0.5, 0.6) is 5.75 Å². The number of anilines is 2. The number of amides is 1. The molecule has 0 aromatic heterocycles. The van der Waals surface area contributed by atoms with Gasteiger partial charge in [0, 0.05) is 50.5 Å². The molecule has 0 bridgehead atoms. The van der Waals surface area contributed by atoms with E-state index in [2.05, 4.69) is 10.2 Å². The fraction of sp³-hybridized carbons (Fsp3) is 0.381. The minimum Gasteiger partial charge on any atom is -0.494 e. The molecule has 0 unspecified atom stereocenters. The molecule has 1 saturated heterocycles. The molecule has 0 spiro atoms. The van der Waals surface area contributed by atoms with E-state index < -0.39 is 0 Å². The molecule has 0 atom stereocenters. The molecule has 1 N–H and O–H groups in total. The van der Waals surface area contributed by atoms with Crippen LogP contribution in [-0.2, 0) is 4.79 Å². The van der Waals surface area contributed by atoms with Gasteiger partial charge in [-0.05, 0) is 55.5 Å². The first-order chi connectivity index (χ1) is 13.2. The Bertz CT molecular complexity index is 726. The highest BCUT2D eigenvalue weighted by Crippen LogP contribution is 2.18. The molecule has 1 fully saturated rings. The van der Waals surface area contributed by atoms with Crippen molar-refractivity contribution in [2.45, 2.75) is 13.3 Å². The molecule has 2 aromatic carbocycles. The standard InChI is InChI=1S/C21H26FN3O2/c1-2-27-20-9-5-18(6-10-20)23-12-11-21(26)25-15-13-24(14-16-25)19-7-3-17(22)4-8-19/h3-10,23H,2,11-16H2,1H3. The van der Waals surface area contributed by atoms with Crippen LogP contribution in [0.2, 0.25) is 0 Å². The zero-order chi connectivity index (χ0) is 19.1. The minimum atomic E-state index is -0.229. The van der Waals surface area contributed by atoms with Crippen molar-refractivity contribution in [1.29, 1.82) is 0 Å². The van der Waals surface area contributed by atoms with Gasteiger partial charge in [-0.25, -0.2) is 4.39 Å². The van der Waals surface area contributed by atoms with Crippen LogP contribution < -0.4 is 15.0 Å². The Morgan fingerprint density at radius 1 is 1.04 bits per heavy atom. The summed E-state index contributed by atoms with van der Waals surface area (Å²) in [6.07, 6.45) is 0.462. The van der Waals surface area contributed by atoms with E-state index in [1.54, 1.807) is 12.1 Å². The summed E-state index contributed by atoms with van der Waals surface area (Å²) in [7, 11) is 0. The van der Waals surface area contributed by atoms with Gasteiger partial charge in [-0.15, -0.1) is 0 Å². The third-order valence-electron chi connectivity index (χ3n) is 4.66. The predicted molar refractivity (Wildman–Crippen MR) is 106 cm³/mol. The van der Waals surface area contributed by atoms with Gasteiger partial charge in [0.25, 0.3) is 0 Å². The van der Waals surface area contributed by atoms with Crippen LogP contribution >= 0.6 is 0 Å². The molecule has 2 aromatic rings. The molecule has 1 amide bonds. The van der Waals surface area contributed by atoms with Gasteiger partial charge in [0.05, 0.1) is 6.61 Å². The molecule has 0 radical (unpaired) electrons. The van der Waals surface area contributed by atoms with Gasteiger partial charge in [-0.3, -0.25) is 4.79 Å². The van der Waals surface area contributed by atoms with Crippen molar-refractivity contribution in [2.24, 2.45) is 0 Å². The summed E-state index contributed by atoms with van der Waals surface area (Å²) >= 11 is 0. The van der Waals surface area contributed by atoms with Gasteiger partial charge in [0.15, 0.2) is 0 Å². The third kappa shape index (κ3) is 5.36. The lowest BCUT2D eigenvalue weighted by Crippen LogP contribution is -2.49. The van der Waals surface area contributed by atoms with E-state index in [0.717, 1.165) is 30.2 Å². The van der Waals surface area contributed by atoms with Crippen LogP contribution in [0.25, 0.3) is 0 Å². The SMILES string of the molecule is CCOc1ccc(NCCC(=O)N2CCN(c3ccc(F)cc3)CC2)cc1. The number of rotatable bonds is 7. The molecular weight excluding hydrogens is 345 g/mol. The largest absolute Gasteiger partial charge is 0.494 e. The highest BCUT2D eigenvalue weighted by Gasteiger charge is 2.20. The highest BCUT2D eigenvalue weighted by atomic mass is 19.1. The summed E-state index contributed by atoms with van der Waals surface area (Å²) in [5.74, 6) is 0.776. The molecule has 0 aliphatic carbocycles. The summed E-state index contributed by atoms with van der Waals surface area (Å²) in [5, 5.41) is 3.27. The number of ether oxygens (including phenoxy) is 1. The molecule has 5 nitrogen and oxygen atoms in total. The predicted octanol–water partition coefficient (Wildman–Crippen LogP) is 3.38. The highest BCUT2D eigenvalue weighted by molar-refractivity contribution is 5.77. The normalized spacial score (nSPS) is 14.1. The van der Waals surface area contributed by atoms with Crippen LogP contribution in [0.15, 0.2) is 48.5 Å². The van der Waals surface area contributed by atoms with Crippen LogP contribution in [0.4, 0.5) is 15.8 Å². The number of piperazine rings is 1. The zero-order valence-corrected chi connectivity index (χ0v) is 15.7. The summed E-state index contributed by atoms with van der Waals surface area (Å²) in [4.78, 5) is 16.5. The molecule has 6 heteroatoms. The van der Waals surface area contributed by atoms with E-state index in [4.69, 9.17) is 4.74 Å². The van der Waals surface area contributed by atoms with Gasteiger partial charge < -0.3 is 19.9 Å². The average Bonchev–Trinajstić information content (AvgIpc) is 2.70. The number of halogens is 1. The van der Waals surface area contributed by atoms with Crippen LogP contribution in [0.1, 0.15) is 13.3 Å². The van der Waals surface area contributed by atoms with Gasteiger partial charge in [0.2, 0.25) is 5.91 Å². The van der Waals surface area contributed by atoms with E-state index in [0.29, 0.717) is 32.7 Å². The molecule has 1 aliphatic heterocycles. The lowest BCUT2D eigenvalue weighted by molar-refractivity contribution is -0.131. The Morgan fingerprint density at radius 3 is 2.33 bits per heavy atom. The topological polar surface area (TPSA) is 44.8 Å². The first kappa shape index (κ1) is 19.0. The van der Waals surface area contributed by atoms with Crippen molar-refractivity contribution in [2.75, 3.05) is 49.5 Å². The van der Waals surface area contributed by atoms with E-state index in [1.165, 1.54) is 12.1 Å². The first-order valence-corrected chi connectivity index (χ1v) is 9.40. The third-order valence-corrected chi connectivity index (χ3v) is 4.66. The van der Waals surface area contributed by atoms with E-state index in [9.17, 15) is 9.18 Å².